The van der Waals surface area contributed by atoms with E-state index in [-0.39, 0.29) is 12.0 Å². The summed E-state index contributed by atoms with van der Waals surface area (Å²) in [5.41, 5.74) is 4.69. The van der Waals surface area contributed by atoms with Crippen molar-refractivity contribution >= 4 is 22.6 Å². The van der Waals surface area contributed by atoms with Crippen molar-refractivity contribution in [2.24, 2.45) is 0 Å². The second-order valence-corrected chi connectivity index (χ2v) is 6.12. The summed E-state index contributed by atoms with van der Waals surface area (Å²) >= 11 is 0. The molecule has 0 spiro atoms. The van der Waals surface area contributed by atoms with Crippen molar-refractivity contribution in [2.75, 3.05) is 11.9 Å². The van der Waals surface area contributed by atoms with Gasteiger partial charge in [-0.3, -0.25) is 4.79 Å². The number of benzene rings is 2. The van der Waals surface area contributed by atoms with Crippen LogP contribution in [0.2, 0.25) is 0 Å². The van der Waals surface area contributed by atoms with Gasteiger partial charge < -0.3 is 15.0 Å². The fourth-order valence-electron chi connectivity index (χ4n) is 2.99. The summed E-state index contributed by atoms with van der Waals surface area (Å²) < 4.78 is 5.45. The number of rotatable bonds is 3. The molecular formula is C19H19N3O2. The lowest BCUT2D eigenvalue weighted by molar-refractivity contribution is -0.124. The molecule has 1 aliphatic heterocycles. The molecule has 0 aliphatic carbocycles. The number of H-pyrrole nitrogens is 1. The highest BCUT2D eigenvalue weighted by Gasteiger charge is 2.24. The summed E-state index contributed by atoms with van der Waals surface area (Å²) in [5.74, 6) is 0.723. The Hall–Kier alpha value is -2.66. The largest absolute Gasteiger partial charge is 0.368 e. The van der Waals surface area contributed by atoms with E-state index < -0.39 is 0 Å². The minimum Gasteiger partial charge on any atom is -0.368 e. The number of nitrogens with zero attached hydrogens (tertiary/aromatic N) is 1. The van der Waals surface area contributed by atoms with Crippen LogP contribution in [0.5, 0.6) is 0 Å². The van der Waals surface area contributed by atoms with Crippen LogP contribution in [0.3, 0.4) is 0 Å². The second kappa shape index (κ2) is 6.09. The van der Waals surface area contributed by atoms with E-state index in [0.29, 0.717) is 6.61 Å². The first-order chi connectivity index (χ1) is 11.7. The Labute approximate surface area is 140 Å². The van der Waals surface area contributed by atoms with Gasteiger partial charge >= 0.3 is 0 Å². The Bertz CT molecular complexity index is 862. The lowest BCUT2D eigenvalue weighted by Gasteiger charge is -2.13. The molecule has 122 valence electrons. The average molecular weight is 321 g/mol. The number of nitrogens with one attached hydrogen (secondary N) is 2. The van der Waals surface area contributed by atoms with Crippen LogP contribution in [0.4, 0.5) is 5.69 Å². The Balaban J connectivity index is 1.64. The maximum atomic E-state index is 12.3. The molecule has 5 heteroatoms. The first-order valence-corrected chi connectivity index (χ1v) is 8.19. The molecule has 1 aromatic heterocycles. The number of anilines is 1. The molecule has 0 radical (unpaired) electrons. The monoisotopic (exact) mass is 321 g/mol. The van der Waals surface area contributed by atoms with Gasteiger partial charge in [-0.25, -0.2) is 4.98 Å². The fourth-order valence-corrected chi connectivity index (χ4v) is 2.99. The number of hydrogen-bond acceptors (Lipinski definition) is 3. The van der Waals surface area contributed by atoms with E-state index in [0.717, 1.165) is 46.5 Å². The second-order valence-electron chi connectivity index (χ2n) is 6.12. The average Bonchev–Trinajstić information content (AvgIpc) is 3.26. The van der Waals surface area contributed by atoms with Crippen LogP contribution >= 0.6 is 0 Å². The summed E-state index contributed by atoms with van der Waals surface area (Å²) in [7, 11) is 0. The number of aryl methyl sites for hydroxylation is 1. The molecule has 5 nitrogen and oxygen atoms in total. The minimum absolute atomic E-state index is 0.0719. The molecule has 24 heavy (non-hydrogen) atoms. The number of carbonyl (C=O) groups is 1. The number of ether oxygens (including phenoxy) is 1. The number of hydrogen-bond donors (Lipinski definition) is 2. The van der Waals surface area contributed by atoms with Crippen molar-refractivity contribution in [2.45, 2.75) is 25.9 Å². The molecule has 4 rings (SSSR count). The zero-order valence-corrected chi connectivity index (χ0v) is 13.5. The number of amides is 1. The number of para-hydroxylation sites is 2. The molecule has 1 atom stereocenters. The summed E-state index contributed by atoms with van der Waals surface area (Å²) in [6.45, 7) is 2.64. The van der Waals surface area contributed by atoms with E-state index in [1.807, 2.05) is 49.4 Å². The van der Waals surface area contributed by atoms with Gasteiger partial charge in [-0.2, -0.15) is 0 Å². The highest BCUT2D eigenvalue weighted by atomic mass is 16.5. The molecule has 2 N–H and O–H groups in total. The van der Waals surface area contributed by atoms with Crippen molar-refractivity contribution in [3.63, 3.8) is 0 Å². The van der Waals surface area contributed by atoms with Crippen LogP contribution in [0.1, 0.15) is 18.4 Å². The van der Waals surface area contributed by atoms with E-state index in [9.17, 15) is 4.79 Å². The number of aromatic nitrogens is 2. The topological polar surface area (TPSA) is 67.0 Å². The Kier molecular flexibility index (Phi) is 3.78. The van der Waals surface area contributed by atoms with Crippen LogP contribution in [-0.4, -0.2) is 28.6 Å². The van der Waals surface area contributed by atoms with Gasteiger partial charge in [0.1, 0.15) is 11.9 Å². The molecule has 1 saturated heterocycles. The quantitative estimate of drug-likeness (QED) is 0.773. The molecule has 1 aliphatic rings. The van der Waals surface area contributed by atoms with Crippen molar-refractivity contribution in [1.82, 2.24) is 9.97 Å². The minimum atomic E-state index is -0.334. The summed E-state index contributed by atoms with van der Waals surface area (Å²) in [6.07, 6.45) is 1.39. The van der Waals surface area contributed by atoms with Crippen molar-refractivity contribution in [1.29, 1.82) is 0 Å². The first-order valence-electron chi connectivity index (χ1n) is 8.19. The third-order valence-corrected chi connectivity index (χ3v) is 4.38. The molecule has 0 saturated carbocycles. The maximum Gasteiger partial charge on any atom is 0.253 e. The predicted octanol–water partition coefficient (Wildman–Crippen LogP) is 3.66. The van der Waals surface area contributed by atoms with E-state index in [2.05, 4.69) is 15.3 Å². The molecule has 0 bridgehead atoms. The van der Waals surface area contributed by atoms with Crippen molar-refractivity contribution in [3.05, 3.63) is 48.0 Å². The zero-order chi connectivity index (χ0) is 16.5. The highest BCUT2D eigenvalue weighted by molar-refractivity contribution is 5.95. The number of carbonyl (C=O) groups excluding carboxylic acids is 1. The highest BCUT2D eigenvalue weighted by Crippen LogP contribution is 2.26. The van der Waals surface area contributed by atoms with Gasteiger partial charge in [0.25, 0.3) is 5.91 Å². The summed E-state index contributed by atoms with van der Waals surface area (Å²) in [6, 6.07) is 13.9. The van der Waals surface area contributed by atoms with Gasteiger partial charge in [-0.15, -0.1) is 0 Å². The third kappa shape index (κ3) is 2.78. The van der Waals surface area contributed by atoms with Gasteiger partial charge in [0.2, 0.25) is 0 Å². The summed E-state index contributed by atoms with van der Waals surface area (Å²) in [4.78, 5) is 20.2. The van der Waals surface area contributed by atoms with Crippen molar-refractivity contribution in [3.8, 4) is 11.4 Å². The smallest absolute Gasteiger partial charge is 0.253 e. The molecule has 3 aromatic rings. The standard InChI is InChI=1S/C19H19N3O2/c1-12-8-9-13(18-20-14-5-2-3-6-15(14)21-18)11-16(12)22-19(23)17-7-4-10-24-17/h2-3,5-6,8-9,11,17H,4,7,10H2,1H3,(H,20,21)(H,22,23)/t17-/m1/s1. The maximum absolute atomic E-state index is 12.3. The third-order valence-electron chi connectivity index (χ3n) is 4.38. The normalized spacial score (nSPS) is 17.3. The van der Waals surface area contributed by atoms with Crippen LogP contribution in [0, 0.1) is 6.92 Å². The number of aromatic amines is 1. The summed E-state index contributed by atoms with van der Waals surface area (Å²) in [5, 5.41) is 2.99. The number of imidazole rings is 1. The molecule has 1 fully saturated rings. The van der Waals surface area contributed by atoms with Gasteiger partial charge in [0.15, 0.2) is 0 Å². The Morgan fingerprint density at radius 3 is 2.96 bits per heavy atom. The molecular weight excluding hydrogens is 302 g/mol. The Morgan fingerprint density at radius 1 is 1.29 bits per heavy atom. The van der Waals surface area contributed by atoms with Gasteiger partial charge in [-0.1, -0.05) is 24.3 Å². The SMILES string of the molecule is Cc1ccc(-c2nc3ccccc3[nH]2)cc1NC(=O)[C@H]1CCCO1. The van der Waals surface area contributed by atoms with E-state index >= 15 is 0 Å². The van der Waals surface area contributed by atoms with Crippen molar-refractivity contribution < 1.29 is 9.53 Å². The predicted molar refractivity (Wildman–Crippen MR) is 93.9 cm³/mol. The molecule has 1 amide bonds. The van der Waals surface area contributed by atoms with Crippen LogP contribution < -0.4 is 5.32 Å². The van der Waals surface area contributed by atoms with Gasteiger partial charge in [-0.05, 0) is 43.5 Å². The van der Waals surface area contributed by atoms with Crippen LogP contribution in [-0.2, 0) is 9.53 Å². The fraction of sp³-hybridized carbons (Fsp3) is 0.263. The van der Waals surface area contributed by atoms with Crippen LogP contribution in [0.15, 0.2) is 42.5 Å². The number of fused-ring (bicyclic) bond motifs is 1. The first kappa shape index (κ1) is 14.9. The molecule has 2 heterocycles. The van der Waals surface area contributed by atoms with Crippen LogP contribution in [0.25, 0.3) is 22.4 Å². The van der Waals surface area contributed by atoms with Gasteiger partial charge in [0.05, 0.1) is 11.0 Å². The van der Waals surface area contributed by atoms with E-state index in [1.165, 1.54) is 0 Å². The van der Waals surface area contributed by atoms with Gasteiger partial charge in [0, 0.05) is 17.9 Å². The lowest BCUT2D eigenvalue weighted by Crippen LogP contribution is -2.27. The zero-order valence-electron chi connectivity index (χ0n) is 13.5. The Morgan fingerprint density at radius 2 is 2.17 bits per heavy atom. The molecule has 2 aromatic carbocycles. The van der Waals surface area contributed by atoms with E-state index in [4.69, 9.17) is 4.74 Å². The molecule has 0 unspecified atom stereocenters. The lowest BCUT2D eigenvalue weighted by atomic mass is 10.1. The van der Waals surface area contributed by atoms with E-state index in [1.54, 1.807) is 0 Å².